The number of aliphatic hydroxyl groups excluding tert-OH is 1. The summed E-state index contributed by atoms with van der Waals surface area (Å²) in [5.74, 6) is -1.19. The maximum absolute atomic E-state index is 15.2. The lowest BCUT2D eigenvalue weighted by atomic mass is 9.72. The van der Waals surface area contributed by atoms with E-state index < -0.39 is 27.8 Å². The van der Waals surface area contributed by atoms with Crippen molar-refractivity contribution in [3.05, 3.63) is 63.4 Å². The van der Waals surface area contributed by atoms with Gasteiger partial charge in [0.05, 0.1) is 17.1 Å². The van der Waals surface area contributed by atoms with E-state index in [0.29, 0.717) is 6.42 Å². The molecule has 0 aromatic carbocycles. The van der Waals surface area contributed by atoms with Crippen molar-refractivity contribution in [2.75, 3.05) is 25.9 Å². The molecule has 1 aliphatic carbocycles. The van der Waals surface area contributed by atoms with E-state index in [4.69, 9.17) is 9.72 Å². The number of methoxy groups -OCH3 is 1. The number of nitrogens with zero attached hydrogens (tertiary/aromatic N) is 1. The number of aromatic nitrogens is 1. The Morgan fingerprint density at radius 3 is 2.38 bits per heavy atom. The van der Waals surface area contributed by atoms with Crippen LogP contribution in [0.1, 0.15) is 93.7 Å². The van der Waals surface area contributed by atoms with Crippen LogP contribution in [0, 0.1) is 5.41 Å². The van der Waals surface area contributed by atoms with Gasteiger partial charge in [0.1, 0.15) is 11.7 Å². The van der Waals surface area contributed by atoms with Crippen LogP contribution in [0.3, 0.4) is 0 Å². The summed E-state index contributed by atoms with van der Waals surface area (Å²) in [7, 11) is 0.0423. The van der Waals surface area contributed by atoms with Gasteiger partial charge in [0.2, 0.25) is 0 Å². The number of halogens is 2. The van der Waals surface area contributed by atoms with Crippen LogP contribution in [0.4, 0.5) is 8.78 Å². The average Bonchev–Trinajstić information content (AvgIpc) is 2.73. The van der Waals surface area contributed by atoms with Crippen LogP contribution in [0.5, 0.6) is 0 Å². The van der Waals surface area contributed by atoms with E-state index in [1.165, 1.54) is 6.08 Å². The highest BCUT2D eigenvalue weighted by molar-refractivity contribution is 8.35. The van der Waals surface area contributed by atoms with E-state index in [-0.39, 0.29) is 28.8 Å². The number of pyridine rings is 1. The smallest absolute Gasteiger partial charge is 0.137 e. The molecule has 0 fully saturated rings. The van der Waals surface area contributed by atoms with Crippen LogP contribution in [0.15, 0.2) is 35.3 Å². The van der Waals surface area contributed by atoms with Crippen LogP contribution in [-0.2, 0) is 17.6 Å². The van der Waals surface area contributed by atoms with Gasteiger partial charge in [-0.2, -0.15) is 0 Å². The molecule has 1 N–H and O–H groups in total. The maximum Gasteiger partial charge on any atom is 0.137 e. The first-order valence-corrected chi connectivity index (χ1v) is 14.9. The van der Waals surface area contributed by atoms with Gasteiger partial charge in [-0.05, 0) is 73.5 Å². The lowest BCUT2D eigenvalue weighted by molar-refractivity contribution is 0.0479. The third-order valence-electron chi connectivity index (χ3n) is 6.46. The molecule has 6 heteroatoms. The third-order valence-corrected chi connectivity index (χ3v) is 8.08. The number of fused-ring (bicyclic) bond motifs is 1. The fourth-order valence-corrected chi connectivity index (χ4v) is 6.33. The Morgan fingerprint density at radius 2 is 1.91 bits per heavy atom. The van der Waals surface area contributed by atoms with Gasteiger partial charge in [0, 0.05) is 29.6 Å². The molecule has 3 nitrogen and oxygen atoms in total. The Labute approximate surface area is 206 Å². The highest BCUT2D eigenvalue weighted by Gasteiger charge is 2.37. The Kier molecular flexibility index (Phi) is 9.34. The molecule has 192 valence electrons. The molecule has 0 saturated heterocycles. The molecule has 0 aliphatic heterocycles. The lowest BCUT2D eigenvalue weighted by Gasteiger charge is -2.38. The summed E-state index contributed by atoms with van der Waals surface area (Å²) in [6.45, 7) is 14.1. The first-order chi connectivity index (χ1) is 15.7. The summed E-state index contributed by atoms with van der Waals surface area (Å²) in [6.07, 6.45) is 9.28. The zero-order chi connectivity index (χ0) is 26.0. The molecule has 0 saturated carbocycles. The van der Waals surface area contributed by atoms with Gasteiger partial charge in [0.15, 0.2) is 0 Å². The zero-order valence-electron chi connectivity index (χ0n) is 22.4. The molecule has 1 aliphatic rings. The first kappa shape index (κ1) is 28.7. The molecule has 34 heavy (non-hydrogen) atoms. The predicted octanol–water partition coefficient (Wildman–Crippen LogP) is 7.77. The zero-order valence-corrected chi connectivity index (χ0v) is 23.2. The van der Waals surface area contributed by atoms with Gasteiger partial charge in [0.25, 0.3) is 0 Å². The van der Waals surface area contributed by atoms with E-state index in [0.717, 1.165) is 47.0 Å². The average molecular weight is 496 g/mol. The number of ether oxygens (including phenoxy) is 1. The summed E-state index contributed by atoms with van der Waals surface area (Å²) >= 11 is 0. The van der Waals surface area contributed by atoms with Crippen molar-refractivity contribution < 1.29 is 18.6 Å². The Hall–Kier alpha value is -1.50. The monoisotopic (exact) mass is 495 g/mol. The summed E-state index contributed by atoms with van der Waals surface area (Å²) in [5.41, 5.74) is 4.84. The maximum atomic E-state index is 15.2. The van der Waals surface area contributed by atoms with E-state index >= 15 is 4.39 Å². The summed E-state index contributed by atoms with van der Waals surface area (Å²) in [4.78, 5) is 5.09. The summed E-state index contributed by atoms with van der Waals surface area (Å²) < 4.78 is 35.5. The summed E-state index contributed by atoms with van der Waals surface area (Å²) in [6, 6.07) is 0. The minimum absolute atomic E-state index is 0.0333. The minimum atomic E-state index is -1.68. The molecule has 1 aromatic rings. The largest absolute Gasteiger partial charge is 0.388 e. The van der Waals surface area contributed by atoms with Crippen molar-refractivity contribution >= 4 is 10.0 Å². The van der Waals surface area contributed by atoms with Crippen LogP contribution in [-0.4, -0.2) is 36.0 Å². The highest BCUT2D eigenvalue weighted by Crippen LogP contribution is 2.51. The molecule has 2 rings (SSSR count). The van der Waals surface area contributed by atoms with Crippen LogP contribution in [0.25, 0.3) is 0 Å². The second-order valence-corrected chi connectivity index (χ2v) is 15.1. The second-order valence-electron chi connectivity index (χ2n) is 11.0. The van der Waals surface area contributed by atoms with Crippen molar-refractivity contribution in [3.8, 4) is 0 Å². The molecular formula is C28H43F2NO2S. The van der Waals surface area contributed by atoms with E-state index in [1.54, 1.807) is 7.11 Å². The Balaban J connectivity index is 2.62. The quantitative estimate of drug-likeness (QED) is 0.356. The Morgan fingerprint density at radius 1 is 1.29 bits per heavy atom. The molecular weight excluding hydrogens is 452 g/mol. The van der Waals surface area contributed by atoms with Crippen LogP contribution in [0.2, 0.25) is 0 Å². The van der Waals surface area contributed by atoms with Crippen LogP contribution >= 0.6 is 10.0 Å². The Bertz CT molecular complexity index is 974. The molecule has 0 spiro atoms. The number of allylic oxidation sites excluding steroid dienone is 3. The standard InChI is InChI=1S/C28H43F2NO2S/c1-11-18-24-21(15-28(5,6)16-23(24)33-7)31-26(17(3)4)25(18)22(32)14-13-20(30)27(19(29)12-2)34(8,9)10/h12-13,17,22-23,32H,2,11,14-16H2,1,3-10H3/b20-13+,27-19-. The van der Waals surface area contributed by atoms with Crippen molar-refractivity contribution in [3.63, 3.8) is 0 Å². The number of hydrogen-bond acceptors (Lipinski definition) is 3. The number of aliphatic hydroxyl groups is 1. The molecule has 0 amide bonds. The molecule has 1 heterocycles. The normalized spacial score (nSPS) is 20.6. The van der Waals surface area contributed by atoms with Gasteiger partial charge in [-0.1, -0.05) is 41.2 Å². The van der Waals surface area contributed by atoms with Gasteiger partial charge >= 0.3 is 0 Å². The van der Waals surface area contributed by atoms with Crippen molar-refractivity contribution in [1.29, 1.82) is 0 Å². The minimum Gasteiger partial charge on any atom is -0.388 e. The van der Waals surface area contributed by atoms with E-state index in [9.17, 15) is 9.50 Å². The van der Waals surface area contributed by atoms with Gasteiger partial charge in [-0.25, -0.2) is 18.8 Å². The van der Waals surface area contributed by atoms with E-state index in [1.807, 2.05) is 18.8 Å². The van der Waals surface area contributed by atoms with E-state index in [2.05, 4.69) is 41.2 Å². The fourth-order valence-electron chi connectivity index (χ4n) is 5.00. The topological polar surface area (TPSA) is 42.4 Å². The third kappa shape index (κ3) is 6.19. The number of hydrogen-bond donors (Lipinski definition) is 1. The number of rotatable bonds is 9. The second kappa shape index (κ2) is 11.0. The molecule has 1 aromatic heterocycles. The SMILES string of the molecule is C=C/C(F)=C(\C(F)=C/CC(O)c1c(C(C)C)nc2c(c1CC)C(OC)CC(C)(C)C2)S(C)(C)C. The highest BCUT2D eigenvalue weighted by atomic mass is 32.3. The summed E-state index contributed by atoms with van der Waals surface area (Å²) in [5, 5.41) is 11.3. The predicted molar refractivity (Wildman–Crippen MR) is 142 cm³/mol. The van der Waals surface area contributed by atoms with Gasteiger partial charge in [-0.15, -0.1) is 0 Å². The van der Waals surface area contributed by atoms with Crippen molar-refractivity contribution in [2.24, 2.45) is 5.41 Å². The fraction of sp³-hybridized carbons (Fsp3) is 0.607. The van der Waals surface area contributed by atoms with Gasteiger partial charge < -0.3 is 9.84 Å². The van der Waals surface area contributed by atoms with Crippen molar-refractivity contribution in [2.45, 2.75) is 78.4 Å². The first-order valence-electron chi connectivity index (χ1n) is 12.0. The molecule has 0 radical (unpaired) electrons. The van der Waals surface area contributed by atoms with Gasteiger partial charge in [-0.3, -0.25) is 4.98 Å². The van der Waals surface area contributed by atoms with Crippen molar-refractivity contribution in [1.82, 2.24) is 4.98 Å². The molecule has 2 unspecified atom stereocenters. The molecule has 0 bridgehead atoms. The molecule has 2 atom stereocenters. The lowest BCUT2D eigenvalue weighted by Crippen LogP contribution is -2.30. The van der Waals surface area contributed by atoms with Crippen LogP contribution < -0.4 is 0 Å².